The van der Waals surface area contributed by atoms with Crippen molar-refractivity contribution >= 4 is 12.2 Å². The highest BCUT2D eigenvalue weighted by molar-refractivity contribution is 5.68. The molecule has 0 bridgehead atoms. The van der Waals surface area contributed by atoms with Crippen LogP contribution >= 0.6 is 0 Å². The zero-order valence-corrected chi connectivity index (χ0v) is 16.6. The first-order chi connectivity index (χ1) is 12.2. The van der Waals surface area contributed by atoms with E-state index in [4.69, 9.17) is 9.47 Å². The molecule has 1 N–H and O–H groups in total. The second-order valence-electron chi connectivity index (χ2n) is 7.66. The van der Waals surface area contributed by atoms with E-state index in [-0.39, 0.29) is 12.7 Å². The molecule has 0 heterocycles. The minimum Gasteiger partial charge on any atom is -0.445 e. The molecule has 0 aliphatic heterocycles. The van der Waals surface area contributed by atoms with Gasteiger partial charge in [-0.3, -0.25) is 0 Å². The Balaban J connectivity index is 2.32. The Kier molecular flexibility index (Phi) is 8.96. The third-order valence-electron chi connectivity index (χ3n) is 3.32. The fourth-order valence-electron chi connectivity index (χ4n) is 2.26. The Morgan fingerprint density at radius 2 is 1.81 bits per heavy atom. The normalized spacial score (nSPS) is 11.2. The summed E-state index contributed by atoms with van der Waals surface area (Å²) in [5, 5.41) is 2.71. The average Bonchev–Trinajstić information content (AvgIpc) is 2.54. The van der Waals surface area contributed by atoms with Crippen molar-refractivity contribution in [3.63, 3.8) is 0 Å². The Morgan fingerprint density at radius 1 is 1.15 bits per heavy atom. The molecule has 0 atom stereocenters. The van der Waals surface area contributed by atoms with E-state index in [9.17, 15) is 9.59 Å². The standard InChI is InChI=1S/C20H32N2O4/c1-16(2)14-22(19(24)26-20(3,4)5)13-9-12-21-18(23)25-15-17-10-7-6-8-11-17/h6-8,10-11,16H,9,12-15H2,1-5H3,(H,21,23). The molecule has 0 aliphatic rings. The van der Waals surface area contributed by atoms with Gasteiger partial charge in [-0.25, -0.2) is 9.59 Å². The molecule has 0 saturated heterocycles. The van der Waals surface area contributed by atoms with E-state index < -0.39 is 11.7 Å². The van der Waals surface area contributed by atoms with Crippen molar-refractivity contribution in [3.8, 4) is 0 Å². The molecule has 0 aliphatic carbocycles. The van der Waals surface area contributed by atoms with Crippen LogP contribution in [0.25, 0.3) is 0 Å². The van der Waals surface area contributed by atoms with Crippen LogP contribution in [0, 0.1) is 5.92 Å². The Labute approximate surface area is 156 Å². The average molecular weight is 364 g/mol. The van der Waals surface area contributed by atoms with Crippen LogP contribution in [-0.2, 0) is 16.1 Å². The molecule has 1 aromatic rings. The van der Waals surface area contributed by atoms with Crippen LogP contribution in [0.2, 0.25) is 0 Å². The van der Waals surface area contributed by atoms with Crippen LogP contribution in [0.3, 0.4) is 0 Å². The third-order valence-corrected chi connectivity index (χ3v) is 3.32. The molecule has 0 spiro atoms. The van der Waals surface area contributed by atoms with Crippen molar-refractivity contribution in [2.24, 2.45) is 5.92 Å². The SMILES string of the molecule is CC(C)CN(CCCNC(=O)OCc1ccccc1)C(=O)OC(C)(C)C. The first-order valence-corrected chi connectivity index (χ1v) is 9.10. The predicted octanol–water partition coefficient (Wildman–Crippen LogP) is 4.20. The molecule has 0 fully saturated rings. The minimum atomic E-state index is -0.522. The van der Waals surface area contributed by atoms with Crippen molar-refractivity contribution < 1.29 is 19.1 Å². The van der Waals surface area contributed by atoms with Gasteiger partial charge in [0.2, 0.25) is 0 Å². The van der Waals surface area contributed by atoms with E-state index in [0.717, 1.165) is 5.56 Å². The zero-order chi connectivity index (χ0) is 19.6. The number of ether oxygens (including phenoxy) is 2. The highest BCUT2D eigenvalue weighted by atomic mass is 16.6. The lowest BCUT2D eigenvalue weighted by atomic mass is 10.2. The number of carbonyl (C=O) groups is 2. The largest absolute Gasteiger partial charge is 0.445 e. The second kappa shape index (κ2) is 10.7. The van der Waals surface area contributed by atoms with Crippen molar-refractivity contribution in [2.45, 2.75) is 53.2 Å². The van der Waals surface area contributed by atoms with Crippen molar-refractivity contribution in [1.82, 2.24) is 10.2 Å². The Hall–Kier alpha value is -2.24. The fraction of sp³-hybridized carbons (Fsp3) is 0.600. The molecule has 1 aromatic carbocycles. The molecule has 0 saturated carbocycles. The fourth-order valence-corrected chi connectivity index (χ4v) is 2.26. The van der Waals surface area contributed by atoms with Crippen molar-refractivity contribution in [1.29, 1.82) is 0 Å². The number of nitrogens with zero attached hydrogens (tertiary/aromatic N) is 1. The summed E-state index contributed by atoms with van der Waals surface area (Å²) in [5.41, 5.74) is 0.418. The van der Waals surface area contributed by atoms with Crippen LogP contribution in [0.5, 0.6) is 0 Å². The number of rotatable bonds is 8. The first-order valence-electron chi connectivity index (χ1n) is 9.10. The molecule has 6 heteroatoms. The van der Waals surface area contributed by atoms with E-state index in [0.29, 0.717) is 32.0 Å². The topological polar surface area (TPSA) is 67.9 Å². The lowest BCUT2D eigenvalue weighted by Crippen LogP contribution is -2.40. The zero-order valence-electron chi connectivity index (χ0n) is 16.6. The van der Waals surface area contributed by atoms with E-state index >= 15 is 0 Å². The van der Waals surface area contributed by atoms with Gasteiger partial charge in [-0.2, -0.15) is 0 Å². The monoisotopic (exact) mass is 364 g/mol. The van der Waals surface area contributed by atoms with Gasteiger partial charge in [0.1, 0.15) is 12.2 Å². The van der Waals surface area contributed by atoms with Gasteiger partial charge < -0.3 is 19.7 Å². The molecule has 0 unspecified atom stereocenters. The summed E-state index contributed by atoms with van der Waals surface area (Å²) in [6.45, 7) is 11.5. The Bertz CT molecular complexity index is 553. The first kappa shape index (κ1) is 21.8. The van der Waals surface area contributed by atoms with Gasteiger partial charge in [-0.1, -0.05) is 44.2 Å². The summed E-state index contributed by atoms with van der Waals surface area (Å²) >= 11 is 0. The number of carbonyl (C=O) groups excluding carboxylic acids is 2. The van der Waals surface area contributed by atoms with E-state index in [1.165, 1.54) is 0 Å². The van der Waals surface area contributed by atoms with Gasteiger partial charge in [0.15, 0.2) is 0 Å². The smallest absolute Gasteiger partial charge is 0.410 e. The molecule has 0 radical (unpaired) electrons. The van der Waals surface area contributed by atoms with E-state index in [1.54, 1.807) is 4.90 Å². The molecular formula is C20H32N2O4. The highest BCUT2D eigenvalue weighted by Gasteiger charge is 2.22. The highest BCUT2D eigenvalue weighted by Crippen LogP contribution is 2.11. The molecule has 6 nitrogen and oxygen atoms in total. The van der Waals surface area contributed by atoms with Crippen LogP contribution in [0.1, 0.15) is 46.6 Å². The molecule has 1 rings (SSSR count). The van der Waals surface area contributed by atoms with Gasteiger partial charge in [0.05, 0.1) is 0 Å². The van der Waals surface area contributed by atoms with Crippen LogP contribution in [-0.4, -0.2) is 42.3 Å². The molecular weight excluding hydrogens is 332 g/mol. The molecule has 0 aromatic heterocycles. The molecule has 2 amide bonds. The number of hydrogen-bond acceptors (Lipinski definition) is 4. The minimum absolute atomic E-state index is 0.240. The lowest BCUT2D eigenvalue weighted by Gasteiger charge is -2.28. The molecule has 146 valence electrons. The predicted molar refractivity (Wildman–Crippen MR) is 102 cm³/mol. The summed E-state index contributed by atoms with van der Waals surface area (Å²) in [6.07, 6.45) is -0.147. The van der Waals surface area contributed by atoms with Crippen molar-refractivity contribution in [2.75, 3.05) is 19.6 Å². The van der Waals surface area contributed by atoms with Gasteiger partial charge in [0, 0.05) is 19.6 Å². The van der Waals surface area contributed by atoms with Gasteiger partial charge in [-0.15, -0.1) is 0 Å². The van der Waals surface area contributed by atoms with Gasteiger partial charge in [0.25, 0.3) is 0 Å². The van der Waals surface area contributed by atoms with Crippen LogP contribution < -0.4 is 5.32 Å². The quantitative estimate of drug-likeness (QED) is 0.702. The van der Waals surface area contributed by atoms with E-state index in [1.807, 2.05) is 51.1 Å². The number of nitrogens with one attached hydrogen (secondary N) is 1. The number of hydrogen-bond donors (Lipinski definition) is 1. The summed E-state index contributed by atoms with van der Waals surface area (Å²) in [4.78, 5) is 25.7. The van der Waals surface area contributed by atoms with Crippen LogP contribution in [0.15, 0.2) is 30.3 Å². The lowest BCUT2D eigenvalue weighted by molar-refractivity contribution is 0.0227. The van der Waals surface area contributed by atoms with Gasteiger partial charge in [-0.05, 0) is 38.7 Å². The number of amides is 2. The number of benzene rings is 1. The number of alkyl carbamates (subject to hydrolysis) is 1. The summed E-state index contributed by atoms with van der Waals surface area (Å²) < 4.78 is 10.6. The summed E-state index contributed by atoms with van der Waals surface area (Å²) in [7, 11) is 0. The third kappa shape index (κ3) is 9.91. The maximum atomic E-state index is 12.3. The molecule has 26 heavy (non-hydrogen) atoms. The maximum Gasteiger partial charge on any atom is 0.410 e. The summed E-state index contributed by atoms with van der Waals surface area (Å²) in [6, 6.07) is 9.51. The van der Waals surface area contributed by atoms with E-state index in [2.05, 4.69) is 19.2 Å². The second-order valence-corrected chi connectivity index (χ2v) is 7.66. The van der Waals surface area contributed by atoms with Crippen LogP contribution in [0.4, 0.5) is 9.59 Å². The van der Waals surface area contributed by atoms with Gasteiger partial charge >= 0.3 is 12.2 Å². The summed E-state index contributed by atoms with van der Waals surface area (Å²) in [5.74, 6) is 0.339. The Morgan fingerprint density at radius 3 is 2.38 bits per heavy atom. The van der Waals surface area contributed by atoms with Crippen molar-refractivity contribution in [3.05, 3.63) is 35.9 Å². The maximum absolute atomic E-state index is 12.3.